The van der Waals surface area contributed by atoms with Crippen molar-refractivity contribution >= 4 is 31.3 Å². The SMILES string of the molecule is C[C@H](NC(=O)[C@H](Cc1ccccc1)NC(=O)OCc1ccccc1)C(=O)NC(c1ccc(C(=N)N)cc1)P(=O)(Oc1ccccc1)Oc1ccccc1. The summed E-state index contributed by atoms with van der Waals surface area (Å²) in [6.07, 6.45) is -0.703. The number of benzene rings is 5. The van der Waals surface area contributed by atoms with Crippen LogP contribution in [0.4, 0.5) is 4.79 Å². The van der Waals surface area contributed by atoms with E-state index in [1.54, 1.807) is 97.1 Å². The second kappa shape index (κ2) is 18.2. The number of hydrogen-bond acceptors (Lipinski definition) is 8. The van der Waals surface area contributed by atoms with E-state index < -0.39 is 43.4 Å². The Bertz CT molecular complexity index is 1970. The number of alkyl carbamates (subject to hydrolysis) is 1. The molecule has 0 spiro atoms. The van der Waals surface area contributed by atoms with Crippen LogP contribution in [0.5, 0.6) is 11.5 Å². The third kappa shape index (κ3) is 11.0. The van der Waals surface area contributed by atoms with Crippen molar-refractivity contribution in [1.29, 1.82) is 5.41 Å². The Kier molecular flexibility index (Phi) is 13.0. The number of nitrogens with two attached hydrogens (primary N) is 1. The molecule has 6 N–H and O–H groups in total. The van der Waals surface area contributed by atoms with Gasteiger partial charge in [-0.2, -0.15) is 0 Å². The number of nitrogen functional groups attached to an aromatic ring is 1. The lowest BCUT2D eigenvalue weighted by molar-refractivity contribution is -0.129. The number of ether oxygens (including phenoxy) is 1. The Morgan fingerprint density at radius 3 is 1.66 bits per heavy atom. The van der Waals surface area contributed by atoms with Crippen molar-refractivity contribution in [2.24, 2.45) is 5.73 Å². The molecular formula is C40H40N5O7P. The monoisotopic (exact) mass is 733 g/mol. The molecule has 0 aromatic heterocycles. The van der Waals surface area contributed by atoms with Crippen LogP contribution in [0.15, 0.2) is 146 Å². The number of carbonyl (C=O) groups excluding carboxylic acids is 3. The van der Waals surface area contributed by atoms with Gasteiger partial charge in [0.25, 0.3) is 0 Å². The summed E-state index contributed by atoms with van der Waals surface area (Å²) >= 11 is 0. The molecule has 272 valence electrons. The second-order valence-corrected chi connectivity index (χ2v) is 13.9. The third-order valence-electron chi connectivity index (χ3n) is 7.94. The van der Waals surface area contributed by atoms with Crippen LogP contribution in [-0.2, 0) is 31.9 Å². The fourth-order valence-corrected chi connectivity index (χ4v) is 7.08. The van der Waals surface area contributed by atoms with Crippen LogP contribution in [0.3, 0.4) is 0 Å². The number of nitrogens with one attached hydrogen (secondary N) is 4. The molecule has 0 radical (unpaired) electrons. The molecular weight excluding hydrogens is 693 g/mol. The molecule has 5 rings (SSSR count). The van der Waals surface area contributed by atoms with E-state index >= 15 is 0 Å². The van der Waals surface area contributed by atoms with Gasteiger partial charge in [0, 0.05) is 12.0 Å². The van der Waals surface area contributed by atoms with E-state index in [1.807, 2.05) is 48.5 Å². The first-order valence-corrected chi connectivity index (χ1v) is 18.4. The smallest absolute Gasteiger partial charge is 0.445 e. The zero-order valence-electron chi connectivity index (χ0n) is 28.9. The minimum atomic E-state index is -4.38. The van der Waals surface area contributed by atoms with E-state index in [1.165, 1.54) is 6.92 Å². The zero-order chi connectivity index (χ0) is 37.6. The van der Waals surface area contributed by atoms with Gasteiger partial charge in [0.1, 0.15) is 36.0 Å². The number of amidine groups is 1. The molecule has 0 bridgehead atoms. The van der Waals surface area contributed by atoms with Crippen molar-refractivity contribution in [1.82, 2.24) is 16.0 Å². The number of carbonyl (C=O) groups is 3. The minimum absolute atomic E-state index is 0.00387. The molecule has 5 aromatic rings. The molecule has 0 aliphatic heterocycles. The summed E-state index contributed by atoms with van der Waals surface area (Å²) in [7, 11) is -4.38. The average molecular weight is 734 g/mol. The topological polar surface area (TPSA) is 182 Å². The summed E-state index contributed by atoms with van der Waals surface area (Å²) in [5, 5.41) is 15.9. The standard InChI is InChI=1S/C40H40N5O7P/c1-28(43-38(47)35(26-29-14-6-2-7-15-29)44-40(48)50-27-30-16-8-3-9-17-30)37(46)45-39(32-24-22-31(23-25-32)36(41)42)53(49,51-33-18-10-4-11-19-33)52-34-20-12-5-13-21-34/h2-25,28,35,39H,26-27H2,1H3,(H3,41,42)(H,43,47)(H,44,48)(H,45,46)/t28-,35-,39?/m0/s1. The molecule has 0 fully saturated rings. The first-order valence-electron chi connectivity index (χ1n) is 16.7. The molecule has 0 aliphatic rings. The number of para-hydroxylation sites is 2. The van der Waals surface area contributed by atoms with E-state index in [-0.39, 0.29) is 30.4 Å². The predicted molar refractivity (Wildman–Crippen MR) is 201 cm³/mol. The maximum absolute atomic E-state index is 15.0. The van der Waals surface area contributed by atoms with Gasteiger partial charge in [0.15, 0.2) is 5.78 Å². The summed E-state index contributed by atoms with van der Waals surface area (Å²) < 4.78 is 32.5. The van der Waals surface area contributed by atoms with Gasteiger partial charge < -0.3 is 35.5 Å². The first-order chi connectivity index (χ1) is 25.6. The largest absolute Gasteiger partial charge is 0.457 e. The molecule has 1 unspecified atom stereocenters. The van der Waals surface area contributed by atoms with Crippen molar-refractivity contribution in [3.8, 4) is 11.5 Å². The van der Waals surface area contributed by atoms with Crippen molar-refractivity contribution in [3.63, 3.8) is 0 Å². The molecule has 3 amide bonds. The number of hydrogen-bond donors (Lipinski definition) is 5. The fraction of sp³-hybridized carbons (Fsp3) is 0.150. The zero-order valence-corrected chi connectivity index (χ0v) is 29.8. The Morgan fingerprint density at radius 2 is 1.15 bits per heavy atom. The lowest BCUT2D eigenvalue weighted by Gasteiger charge is -2.29. The van der Waals surface area contributed by atoms with E-state index in [4.69, 9.17) is 24.9 Å². The summed E-state index contributed by atoms with van der Waals surface area (Å²) in [6.45, 7) is 1.45. The van der Waals surface area contributed by atoms with Crippen LogP contribution in [0.1, 0.15) is 35.0 Å². The number of amides is 3. The van der Waals surface area contributed by atoms with Crippen molar-refractivity contribution in [2.75, 3.05) is 0 Å². The highest BCUT2D eigenvalue weighted by Gasteiger charge is 2.43. The van der Waals surface area contributed by atoms with Crippen molar-refractivity contribution < 1.29 is 32.7 Å². The van der Waals surface area contributed by atoms with Gasteiger partial charge in [-0.3, -0.25) is 15.0 Å². The average Bonchev–Trinajstić information content (AvgIpc) is 3.17. The Balaban J connectivity index is 1.39. The van der Waals surface area contributed by atoms with E-state index in [2.05, 4.69) is 16.0 Å². The van der Waals surface area contributed by atoms with Crippen LogP contribution in [-0.4, -0.2) is 35.8 Å². The highest BCUT2D eigenvalue weighted by Crippen LogP contribution is 2.59. The van der Waals surface area contributed by atoms with Crippen LogP contribution < -0.4 is 30.7 Å². The molecule has 3 atom stereocenters. The maximum atomic E-state index is 15.0. The van der Waals surface area contributed by atoms with Gasteiger partial charge in [0.05, 0.1) is 0 Å². The molecule has 53 heavy (non-hydrogen) atoms. The Hall–Kier alpha value is -6.39. The summed E-state index contributed by atoms with van der Waals surface area (Å²) in [5.41, 5.74) is 7.94. The minimum Gasteiger partial charge on any atom is -0.445 e. The maximum Gasteiger partial charge on any atom is 0.457 e. The Labute approximate surface area is 307 Å². The summed E-state index contributed by atoms with van der Waals surface area (Å²) in [4.78, 5) is 40.5. The van der Waals surface area contributed by atoms with Crippen molar-refractivity contribution in [3.05, 3.63) is 168 Å². The molecule has 0 saturated carbocycles. The predicted octanol–water partition coefficient (Wildman–Crippen LogP) is 6.48. The normalized spacial score (nSPS) is 12.6. The molecule has 0 heterocycles. The lowest BCUT2D eigenvalue weighted by atomic mass is 10.0. The van der Waals surface area contributed by atoms with Crippen LogP contribution in [0, 0.1) is 5.41 Å². The quantitative estimate of drug-likeness (QED) is 0.0434. The molecule has 12 nitrogen and oxygen atoms in total. The fourth-order valence-electron chi connectivity index (χ4n) is 5.18. The Morgan fingerprint density at radius 1 is 0.660 bits per heavy atom. The highest BCUT2D eigenvalue weighted by atomic mass is 31.2. The number of rotatable bonds is 16. The first kappa shape index (κ1) is 37.9. The van der Waals surface area contributed by atoms with Gasteiger partial charge in [-0.15, -0.1) is 0 Å². The van der Waals surface area contributed by atoms with Gasteiger partial charge in [0.2, 0.25) is 11.8 Å². The van der Waals surface area contributed by atoms with E-state index in [0.717, 1.165) is 11.1 Å². The molecule has 0 saturated heterocycles. The van der Waals surface area contributed by atoms with E-state index in [9.17, 15) is 18.9 Å². The highest BCUT2D eigenvalue weighted by molar-refractivity contribution is 7.55. The third-order valence-corrected chi connectivity index (χ3v) is 9.93. The molecule has 13 heteroatoms. The van der Waals surface area contributed by atoms with Crippen LogP contribution in [0.25, 0.3) is 0 Å². The van der Waals surface area contributed by atoms with Gasteiger partial charge in [-0.1, -0.05) is 121 Å². The van der Waals surface area contributed by atoms with Gasteiger partial charge >= 0.3 is 13.7 Å². The van der Waals surface area contributed by atoms with Crippen LogP contribution in [0.2, 0.25) is 0 Å². The second-order valence-electron chi connectivity index (χ2n) is 12.0. The summed E-state index contributed by atoms with van der Waals surface area (Å²) in [6, 6.07) is 38.8. The van der Waals surface area contributed by atoms with Crippen molar-refractivity contribution in [2.45, 2.75) is 37.8 Å². The van der Waals surface area contributed by atoms with Gasteiger partial charge in [-0.05, 0) is 47.9 Å². The van der Waals surface area contributed by atoms with Crippen LogP contribution >= 0.6 is 7.60 Å². The molecule has 5 aromatic carbocycles. The summed E-state index contributed by atoms with van der Waals surface area (Å²) in [5.74, 6) is -2.51. The lowest BCUT2D eigenvalue weighted by Crippen LogP contribution is -2.53. The molecule has 0 aliphatic carbocycles. The van der Waals surface area contributed by atoms with Gasteiger partial charge in [-0.25, -0.2) is 9.36 Å². The van der Waals surface area contributed by atoms with E-state index in [0.29, 0.717) is 11.1 Å².